The Morgan fingerprint density at radius 3 is 3.15 bits per heavy atom. The minimum Gasteiger partial charge on any atom is -0.384 e. The molecule has 1 aliphatic rings. The Hall–Kier alpha value is -2.30. The molecular weight excluding hydrogens is 252 g/mol. The average Bonchev–Trinajstić information content (AvgIpc) is 3.00. The minimum absolute atomic E-state index is 0.00617. The van der Waals surface area contributed by atoms with E-state index in [0.29, 0.717) is 13.1 Å². The highest BCUT2D eigenvalue weighted by atomic mass is 16.1. The van der Waals surface area contributed by atoms with Crippen LogP contribution in [0.5, 0.6) is 0 Å². The molecule has 3 N–H and O–H groups in total. The fourth-order valence-corrected chi connectivity index (χ4v) is 2.51. The molecule has 1 amide bonds. The zero-order chi connectivity index (χ0) is 13.8. The van der Waals surface area contributed by atoms with E-state index >= 15 is 0 Å². The molecule has 5 heteroatoms. The van der Waals surface area contributed by atoms with Crippen molar-refractivity contribution in [2.75, 3.05) is 18.4 Å². The second kappa shape index (κ2) is 5.77. The number of hydrogen-bond acceptors (Lipinski definition) is 3. The zero-order valence-electron chi connectivity index (χ0n) is 11.2. The van der Waals surface area contributed by atoms with Gasteiger partial charge in [-0.3, -0.25) is 4.79 Å². The number of para-hydroxylation sites is 1. The zero-order valence-corrected chi connectivity index (χ0v) is 11.2. The highest BCUT2D eigenvalue weighted by molar-refractivity contribution is 5.80. The number of aromatic nitrogens is 2. The average molecular weight is 270 g/mol. The molecule has 0 spiro atoms. The predicted molar refractivity (Wildman–Crippen MR) is 77.4 cm³/mol. The second-order valence-electron chi connectivity index (χ2n) is 5.06. The molecule has 0 fully saturated rings. The normalized spacial score (nSPS) is 17.1. The van der Waals surface area contributed by atoms with Gasteiger partial charge in [0.15, 0.2) is 0 Å². The molecule has 1 aliphatic heterocycles. The van der Waals surface area contributed by atoms with Crippen LogP contribution in [-0.2, 0) is 17.6 Å². The highest BCUT2D eigenvalue weighted by Gasteiger charge is 2.23. The first-order valence-electron chi connectivity index (χ1n) is 6.89. The lowest BCUT2D eigenvalue weighted by Gasteiger charge is -2.25. The molecule has 0 saturated carbocycles. The smallest absolute Gasteiger partial charge is 0.225 e. The summed E-state index contributed by atoms with van der Waals surface area (Å²) in [5.41, 5.74) is 3.40. The van der Waals surface area contributed by atoms with Crippen molar-refractivity contribution in [2.45, 2.75) is 12.8 Å². The summed E-state index contributed by atoms with van der Waals surface area (Å²) in [6.45, 7) is 1.34. The first-order chi connectivity index (χ1) is 9.83. The van der Waals surface area contributed by atoms with E-state index in [4.69, 9.17) is 0 Å². The largest absolute Gasteiger partial charge is 0.384 e. The maximum absolute atomic E-state index is 12.2. The van der Waals surface area contributed by atoms with Crippen molar-refractivity contribution >= 4 is 11.6 Å². The van der Waals surface area contributed by atoms with Gasteiger partial charge in [0, 0.05) is 37.1 Å². The van der Waals surface area contributed by atoms with Crippen LogP contribution in [0.1, 0.15) is 11.3 Å². The van der Waals surface area contributed by atoms with Gasteiger partial charge >= 0.3 is 0 Å². The van der Waals surface area contributed by atoms with Gasteiger partial charge in [-0.15, -0.1) is 0 Å². The first-order valence-corrected chi connectivity index (χ1v) is 6.89. The Labute approximate surface area is 117 Å². The quantitative estimate of drug-likeness (QED) is 0.785. The van der Waals surface area contributed by atoms with Gasteiger partial charge in [-0.05, 0) is 18.1 Å². The molecule has 1 atom stereocenters. The number of carbonyl (C=O) groups is 1. The van der Waals surface area contributed by atoms with Gasteiger partial charge in [-0.1, -0.05) is 18.2 Å². The lowest BCUT2D eigenvalue weighted by atomic mass is 9.93. The van der Waals surface area contributed by atoms with Gasteiger partial charge in [-0.2, -0.15) is 0 Å². The van der Waals surface area contributed by atoms with Crippen LogP contribution in [0, 0.1) is 5.92 Å². The van der Waals surface area contributed by atoms with E-state index in [1.165, 1.54) is 5.56 Å². The summed E-state index contributed by atoms with van der Waals surface area (Å²) < 4.78 is 0. The molecule has 0 bridgehead atoms. The molecule has 2 heterocycles. The number of benzene rings is 1. The molecule has 2 aromatic rings. The number of aromatic amines is 1. The van der Waals surface area contributed by atoms with Crippen molar-refractivity contribution in [3.63, 3.8) is 0 Å². The lowest BCUT2D eigenvalue weighted by molar-refractivity contribution is -0.124. The van der Waals surface area contributed by atoms with Gasteiger partial charge in [0.25, 0.3) is 0 Å². The van der Waals surface area contributed by atoms with Crippen molar-refractivity contribution in [3.05, 3.63) is 48.0 Å². The highest BCUT2D eigenvalue weighted by Crippen LogP contribution is 2.24. The van der Waals surface area contributed by atoms with Crippen LogP contribution in [0.4, 0.5) is 5.69 Å². The molecule has 1 aromatic carbocycles. The second-order valence-corrected chi connectivity index (χ2v) is 5.06. The summed E-state index contributed by atoms with van der Waals surface area (Å²) in [7, 11) is 0. The first kappa shape index (κ1) is 12.7. The summed E-state index contributed by atoms with van der Waals surface area (Å²) in [5, 5.41) is 6.32. The number of imidazole rings is 1. The number of H-pyrrole nitrogens is 1. The number of rotatable bonds is 4. The SMILES string of the molecule is O=C(NCCc1cnc[nH]1)C1CNc2ccccc2C1. The van der Waals surface area contributed by atoms with Crippen molar-refractivity contribution in [3.8, 4) is 0 Å². The monoisotopic (exact) mass is 270 g/mol. The number of anilines is 1. The number of nitrogens with zero attached hydrogens (tertiary/aromatic N) is 1. The van der Waals surface area contributed by atoms with E-state index < -0.39 is 0 Å². The van der Waals surface area contributed by atoms with Gasteiger partial charge in [0.2, 0.25) is 5.91 Å². The Balaban J connectivity index is 1.51. The summed E-state index contributed by atoms with van der Waals surface area (Å²) in [6.07, 6.45) is 5.02. The van der Waals surface area contributed by atoms with Crippen molar-refractivity contribution < 1.29 is 4.79 Å². The number of carbonyl (C=O) groups excluding carboxylic acids is 1. The standard InChI is InChI=1S/C15H18N4O/c20-15(17-6-5-13-9-16-10-19-13)12-7-11-3-1-2-4-14(11)18-8-12/h1-4,9-10,12,18H,5-8H2,(H,16,19)(H,17,20). The van der Waals surface area contributed by atoms with E-state index in [1.807, 2.05) is 12.1 Å². The van der Waals surface area contributed by atoms with E-state index in [1.54, 1.807) is 12.5 Å². The van der Waals surface area contributed by atoms with Crippen LogP contribution < -0.4 is 10.6 Å². The molecule has 5 nitrogen and oxygen atoms in total. The minimum atomic E-state index is 0.00617. The summed E-state index contributed by atoms with van der Waals surface area (Å²) >= 11 is 0. The molecule has 104 valence electrons. The third-order valence-electron chi connectivity index (χ3n) is 3.64. The van der Waals surface area contributed by atoms with E-state index in [-0.39, 0.29) is 11.8 Å². The molecule has 20 heavy (non-hydrogen) atoms. The van der Waals surface area contributed by atoms with E-state index in [2.05, 4.69) is 32.7 Å². The summed E-state index contributed by atoms with van der Waals surface area (Å²) in [5.74, 6) is 0.123. The van der Waals surface area contributed by atoms with Crippen LogP contribution in [0.15, 0.2) is 36.8 Å². The van der Waals surface area contributed by atoms with Crippen LogP contribution in [0.2, 0.25) is 0 Å². The number of nitrogens with one attached hydrogen (secondary N) is 3. The van der Waals surface area contributed by atoms with Crippen LogP contribution >= 0.6 is 0 Å². The van der Waals surface area contributed by atoms with Gasteiger partial charge in [0.05, 0.1) is 12.2 Å². The van der Waals surface area contributed by atoms with Gasteiger partial charge < -0.3 is 15.6 Å². The molecule has 0 saturated heterocycles. The van der Waals surface area contributed by atoms with Crippen molar-refractivity contribution in [1.82, 2.24) is 15.3 Å². The van der Waals surface area contributed by atoms with Gasteiger partial charge in [-0.25, -0.2) is 4.98 Å². The maximum atomic E-state index is 12.2. The fraction of sp³-hybridized carbons (Fsp3) is 0.333. The number of fused-ring (bicyclic) bond motifs is 1. The predicted octanol–water partition coefficient (Wildman–Crippen LogP) is 1.35. The topological polar surface area (TPSA) is 69.8 Å². The Morgan fingerprint density at radius 1 is 1.40 bits per heavy atom. The van der Waals surface area contributed by atoms with E-state index in [0.717, 1.165) is 24.2 Å². The summed E-state index contributed by atoms with van der Waals surface area (Å²) in [6, 6.07) is 8.16. The third kappa shape index (κ3) is 2.82. The van der Waals surface area contributed by atoms with Crippen LogP contribution in [-0.4, -0.2) is 29.0 Å². The Kier molecular flexibility index (Phi) is 3.67. The van der Waals surface area contributed by atoms with Crippen LogP contribution in [0.25, 0.3) is 0 Å². The molecule has 3 rings (SSSR count). The van der Waals surface area contributed by atoms with Crippen LogP contribution in [0.3, 0.4) is 0 Å². The Morgan fingerprint density at radius 2 is 2.30 bits per heavy atom. The van der Waals surface area contributed by atoms with Crippen molar-refractivity contribution in [1.29, 1.82) is 0 Å². The molecular formula is C15H18N4O. The van der Waals surface area contributed by atoms with Crippen molar-refractivity contribution in [2.24, 2.45) is 5.92 Å². The lowest BCUT2D eigenvalue weighted by Crippen LogP contribution is -2.38. The van der Waals surface area contributed by atoms with Gasteiger partial charge in [0.1, 0.15) is 0 Å². The number of amides is 1. The number of hydrogen-bond donors (Lipinski definition) is 3. The molecule has 1 aromatic heterocycles. The molecule has 0 aliphatic carbocycles. The maximum Gasteiger partial charge on any atom is 0.225 e. The molecule has 0 radical (unpaired) electrons. The Bertz CT molecular complexity index is 579. The van der Waals surface area contributed by atoms with E-state index in [9.17, 15) is 4.79 Å². The summed E-state index contributed by atoms with van der Waals surface area (Å²) in [4.78, 5) is 19.1. The molecule has 1 unspecified atom stereocenters. The third-order valence-corrected chi connectivity index (χ3v) is 3.64. The fourth-order valence-electron chi connectivity index (χ4n) is 2.51.